The summed E-state index contributed by atoms with van der Waals surface area (Å²) in [6.07, 6.45) is 2.25. The summed E-state index contributed by atoms with van der Waals surface area (Å²) in [7, 11) is -0.424. The second-order valence-corrected chi connectivity index (χ2v) is 8.53. The lowest BCUT2D eigenvalue weighted by Gasteiger charge is -2.32. The highest BCUT2D eigenvalue weighted by Crippen LogP contribution is 2.41. The Morgan fingerprint density at radius 2 is 1.71 bits per heavy atom. The number of rotatable bonds is 2. The SMILES string of the molecule is CC1(C)OB(c2cc(Cl)cc(C3=NCC4(CC4)OC3)c2)OC1(C)C. The van der Waals surface area contributed by atoms with Crippen LogP contribution in [0.3, 0.4) is 0 Å². The lowest BCUT2D eigenvalue weighted by Crippen LogP contribution is -2.41. The molecule has 0 atom stereocenters. The molecule has 0 amide bonds. The molecule has 0 aromatic heterocycles. The molecule has 1 aromatic rings. The lowest BCUT2D eigenvalue weighted by molar-refractivity contribution is 0.00578. The smallest absolute Gasteiger partial charge is 0.399 e. The highest BCUT2D eigenvalue weighted by Gasteiger charge is 2.52. The summed E-state index contributed by atoms with van der Waals surface area (Å²) in [5, 5.41) is 0.659. The van der Waals surface area contributed by atoms with Crippen LogP contribution in [0.15, 0.2) is 23.2 Å². The van der Waals surface area contributed by atoms with Gasteiger partial charge in [-0.15, -0.1) is 0 Å². The Hall–Kier alpha value is -0.875. The highest BCUT2D eigenvalue weighted by molar-refractivity contribution is 6.62. The third-order valence-electron chi connectivity index (χ3n) is 5.66. The third-order valence-corrected chi connectivity index (χ3v) is 5.88. The van der Waals surface area contributed by atoms with Crippen molar-refractivity contribution in [1.82, 2.24) is 0 Å². The van der Waals surface area contributed by atoms with E-state index >= 15 is 0 Å². The predicted molar refractivity (Wildman–Crippen MR) is 96.5 cm³/mol. The van der Waals surface area contributed by atoms with Crippen molar-refractivity contribution < 1.29 is 14.0 Å². The number of halogens is 1. The van der Waals surface area contributed by atoms with Crippen molar-refractivity contribution >= 4 is 29.9 Å². The van der Waals surface area contributed by atoms with Gasteiger partial charge in [-0.25, -0.2) is 0 Å². The van der Waals surface area contributed by atoms with Gasteiger partial charge in [0.15, 0.2) is 0 Å². The van der Waals surface area contributed by atoms with Crippen LogP contribution >= 0.6 is 11.6 Å². The molecule has 4 nitrogen and oxygen atoms in total. The first kappa shape index (κ1) is 16.6. The van der Waals surface area contributed by atoms with Crippen molar-refractivity contribution in [1.29, 1.82) is 0 Å². The van der Waals surface area contributed by atoms with Crippen molar-refractivity contribution in [2.75, 3.05) is 13.2 Å². The molecular weight excluding hydrogens is 324 g/mol. The van der Waals surface area contributed by atoms with E-state index in [0.29, 0.717) is 11.6 Å². The molecule has 0 N–H and O–H groups in total. The van der Waals surface area contributed by atoms with E-state index in [1.165, 1.54) is 0 Å². The summed E-state index contributed by atoms with van der Waals surface area (Å²) < 4.78 is 18.3. The largest absolute Gasteiger partial charge is 0.494 e. The fourth-order valence-corrected chi connectivity index (χ4v) is 3.31. The van der Waals surface area contributed by atoms with E-state index in [4.69, 9.17) is 30.6 Å². The van der Waals surface area contributed by atoms with E-state index in [9.17, 15) is 0 Å². The molecule has 1 saturated carbocycles. The molecule has 24 heavy (non-hydrogen) atoms. The zero-order valence-electron chi connectivity index (χ0n) is 14.7. The minimum absolute atomic E-state index is 0.0383. The molecule has 3 aliphatic rings. The fraction of sp³-hybridized carbons (Fsp3) is 0.611. The first-order valence-electron chi connectivity index (χ1n) is 8.54. The van der Waals surface area contributed by atoms with Crippen LogP contribution in [0, 0.1) is 0 Å². The maximum absolute atomic E-state index is 6.35. The summed E-state index contributed by atoms with van der Waals surface area (Å²) in [5.41, 5.74) is 2.16. The molecule has 0 radical (unpaired) electrons. The molecular formula is C18H23BClNO3. The van der Waals surface area contributed by atoms with E-state index in [0.717, 1.165) is 36.1 Å². The van der Waals surface area contributed by atoms with Gasteiger partial charge in [0.1, 0.15) is 0 Å². The van der Waals surface area contributed by atoms with Gasteiger partial charge in [0, 0.05) is 5.02 Å². The van der Waals surface area contributed by atoms with Gasteiger partial charge in [-0.2, -0.15) is 0 Å². The van der Waals surface area contributed by atoms with Gasteiger partial charge in [-0.05, 0) is 63.7 Å². The molecule has 6 heteroatoms. The summed E-state index contributed by atoms with van der Waals surface area (Å²) in [5.74, 6) is 0. The van der Waals surface area contributed by atoms with Gasteiger partial charge >= 0.3 is 7.12 Å². The van der Waals surface area contributed by atoms with Crippen molar-refractivity contribution in [3.05, 3.63) is 28.8 Å². The summed E-state index contributed by atoms with van der Waals surface area (Å²) in [6, 6.07) is 5.89. The molecule has 128 valence electrons. The predicted octanol–water partition coefficient (Wildman–Crippen LogP) is 2.99. The van der Waals surface area contributed by atoms with Crippen LogP contribution in [-0.4, -0.2) is 42.8 Å². The second-order valence-electron chi connectivity index (χ2n) is 8.10. The Labute approximate surface area is 148 Å². The molecule has 2 aliphatic heterocycles. The second kappa shape index (κ2) is 5.31. The molecule has 1 saturated heterocycles. The molecule has 2 heterocycles. The van der Waals surface area contributed by atoms with E-state index in [2.05, 4.69) is 6.07 Å². The summed E-state index contributed by atoms with van der Waals surface area (Å²) in [6.45, 7) is 9.49. The van der Waals surface area contributed by atoms with Crippen LogP contribution in [0.1, 0.15) is 46.1 Å². The van der Waals surface area contributed by atoms with Crippen LogP contribution in [-0.2, 0) is 14.0 Å². The number of ether oxygens (including phenoxy) is 1. The fourth-order valence-electron chi connectivity index (χ4n) is 3.06. The van der Waals surface area contributed by atoms with Gasteiger partial charge in [-0.3, -0.25) is 4.99 Å². The number of hydrogen-bond acceptors (Lipinski definition) is 4. The zero-order valence-corrected chi connectivity index (χ0v) is 15.4. The topological polar surface area (TPSA) is 40.0 Å². The van der Waals surface area contributed by atoms with Crippen molar-refractivity contribution in [3.63, 3.8) is 0 Å². The monoisotopic (exact) mass is 347 g/mol. The van der Waals surface area contributed by atoms with Crippen LogP contribution in [0.2, 0.25) is 5.02 Å². The van der Waals surface area contributed by atoms with Gasteiger partial charge in [0.25, 0.3) is 0 Å². The van der Waals surface area contributed by atoms with Crippen LogP contribution < -0.4 is 5.46 Å². The molecule has 1 spiro atoms. The normalized spacial score (nSPS) is 26.5. The Morgan fingerprint density at radius 3 is 2.25 bits per heavy atom. The third kappa shape index (κ3) is 2.82. The Kier molecular flexibility index (Phi) is 3.67. The van der Waals surface area contributed by atoms with E-state index < -0.39 is 7.12 Å². The molecule has 1 aromatic carbocycles. The Bertz CT molecular complexity index is 696. The minimum atomic E-state index is -0.424. The van der Waals surface area contributed by atoms with Crippen LogP contribution in [0.4, 0.5) is 0 Å². The van der Waals surface area contributed by atoms with Crippen molar-refractivity contribution in [2.24, 2.45) is 4.99 Å². The van der Waals surface area contributed by atoms with Crippen molar-refractivity contribution in [3.8, 4) is 0 Å². The number of aliphatic imine (C=N–C) groups is 1. The van der Waals surface area contributed by atoms with Gasteiger partial charge in [-0.1, -0.05) is 17.7 Å². The summed E-state index contributed by atoms with van der Waals surface area (Å²) in [4.78, 5) is 4.73. The number of hydrogen-bond donors (Lipinski definition) is 0. The molecule has 4 rings (SSSR count). The Balaban J connectivity index is 1.62. The average Bonchev–Trinajstić information content (AvgIpc) is 3.20. The first-order valence-corrected chi connectivity index (χ1v) is 8.91. The standard InChI is InChI=1S/C18H23BClNO3/c1-16(2)17(3,4)24-19(23-16)13-7-12(8-14(20)9-13)15-10-22-18(5-6-18)11-21-15/h7-9H,5-6,10-11H2,1-4H3. The van der Waals surface area contributed by atoms with Gasteiger partial charge in [0.2, 0.25) is 0 Å². The molecule has 0 bridgehead atoms. The number of benzene rings is 1. The molecule has 1 aliphatic carbocycles. The first-order chi connectivity index (χ1) is 11.2. The van der Waals surface area contributed by atoms with E-state index in [-0.39, 0.29) is 16.8 Å². The maximum atomic E-state index is 6.35. The maximum Gasteiger partial charge on any atom is 0.494 e. The van der Waals surface area contributed by atoms with Crippen LogP contribution in [0.25, 0.3) is 0 Å². The minimum Gasteiger partial charge on any atom is -0.399 e. The van der Waals surface area contributed by atoms with E-state index in [1.54, 1.807) is 0 Å². The van der Waals surface area contributed by atoms with Gasteiger partial charge < -0.3 is 14.0 Å². The zero-order chi connectivity index (χ0) is 17.2. The number of nitrogens with zero attached hydrogens (tertiary/aromatic N) is 1. The van der Waals surface area contributed by atoms with Crippen LogP contribution in [0.5, 0.6) is 0 Å². The highest BCUT2D eigenvalue weighted by atomic mass is 35.5. The Morgan fingerprint density at radius 1 is 1.04 bits per heavy atom. The lowest BCUT2D eigenvalue weighted by atomic mass is 9.78. The quantitative estimate of drug-likeness (QED) is 0.772. The average molecular weight is 348 g/mol. The van der Waals surface area contributed by atoms with E-state index in [1.807, 2.05) is 39.8 Å². The van der Waals surface area contributed by atoms with Gasteiger partial charge in [0.05, 0.1) is 35.7 Å². The van der Waals surface area contributed by atoms with Crippen molar-refractivity contribution in [2.45, 2.75) is 57.3 Å². The molecule has 2 fully saturated rings. The molecule has 0 unspecified atom stereocenters. The summed E-state index contributed by atoms with van der Waals surface area (Å²) >= 11 is 6.35.